The highest BCUT2D eigenvalue weighted by atomic mass is 16.5. The quantitative estimate of drug-likeness (QED) is 0.734. The van der Waals surface area contributed by atoms with Crippen molar-refractivity contribution in [3.8, 4) is 5.75 Å². The maximum Gasteiger partial charge on any atom is 0.237 e. The van der Waals surface area contributed by atoms with Crippen LogP contribution in [0, 0.1) is 0 Å². The Morgan fingerprint density at radius 2 is 1.96 bits per heavy atom. The molecule has 1 atom stereocenters. The number of carbonyl (C=O) groups is 1. The summed E-state index contributed by atoms with van der Waals surface area (Å²) in [5, 5.41) is 2.87. The molecule has 1 aliphatic rings. The maximum absolute atomic E-state index is 12.0. The van der Waals surface area contributed by atoms with E-state index in [1.54, 1.807) is 13.2 Å². The summed E-state index contributed by atoms with van der Waals surface area (Å²) in [6.07, 6.45) is 2.75. The maximum atomic E-state index is 12.0. The smallest absolute Gasteiger partial charge is 0.237 e. The second-order valence-electron chi connectivity index (χ2n) is 6.19. The van der Waals surface area contributed by atoms with Crippen LogP contribution in [0.4, 0.5) is 0 Å². The number of nitrogens with zero attached hydrogens (tertiary/aromatic N) is 2. The summed E-state index contributed by atoms with van der Waals surface area (Å²) in [6, 6.07) is 8.20. The number of rotatable bonds is 8. The van der Waals surface area contributed by atoms with Crippen molar-refractivity contribution >= 4 is 5.91 Å². The number of amides is 1. The van der Waals surface area contributed by atoms with Crippen molar-refractivity contribution in [1.29, 1.82) is 0 Å². The monoisotopic (exact) mass is 331 g/mol. The fourth-order valence-corrected chi connectivity index (χ4v) is 2.94. The molecule has 1 fully saturated rings. The van der Waals surface area contributed by atoms with Gasteiger partial charge in [-0.15, -0.1) is 6.58 Å². The summed E-state index contributed by atoms with van der Waals surface area (Å²) < 4.78 is 5.19. The molecule has 24 heavy (non-hydrogen) atoms. The third kappa shape index (κ3) is 5.35. The van der Waals surface area contributed by atoms with E-state index in [1.165, 1.54) is 5.56 Å². The normalized spacial score (nSPS) is 17.2. The lowest BCUT2D eigenvalue weighted by Crippen LogP contribution is -2.54. The molecule has 1 unspecified atom stereocenters. The Hall–Kier alpha value is -1.85. The fourth-order valence-electron chi connectivity index (χ4n) is 2.94. The molecule has 5 heteroatoms. The van der Waals surface area contributed by atoms with Gasteiger partial charge in [0.15, 0.2) is 0 Å². The van der Waals surface area contributed by atoms with Gasteiger partial charge in [-0.3, -0.25) is 9.69 Å². The Morgan fingerprint density at radius 1 is 1.29 bits per heavy atom. The molecule has 1 aromatic rings. The molecule has 0 aromatic heterocycles. The predicted molar refractivity (Wildman–Crippen MR) is 97.4 cm³/mol. The molecule has 1 N–H and O–H groups in total. The number of hydrogen-bond acceptors (Lipinski definition) is 4. The van der Waals surface area contributed by atoms with Crippen molar-refractivity contribution in [3.05, 3.63) is 42.5 Å². The molecule has 2 rings (SSSR count). The second kappa shape index (κ2) is 9.45. The van der Waals surface area contributed by atoms with Gasteiger partial charge < -0.3 is 15.0 Å². The highest BCUT2D eigenvalue weighted by Gasteiger charge is 2.24. The van der Waals surface area contributed by atoms with Gasteiger partial charge in [0, 0.05) is 39.3 Å². The number of nitrogens with one attached hydrogen (secondary N) is 1. The minimum atomic E-state index is -0.0753. The number of hydrogen-bond donors (Lipinski definition) is 1. The van der Waals surface area contributed by atoms with Crippen molar-refractivity contribution in [3.63, 3.8) is 0 Å². The fraction of sp³-hybridized carbons (Fsp3) is 0.526. The number of ether oxygens (including phenoxy) is 1. The highest BCUT2D eigenvalue weighted by Crippen LogP contribution is 2.13. The van der Waals surface area contributed by atoms with E-state index in [-0.39, 0.29) is 11.9 Å². The molecule has 132 valence electrons. The molecule has 1 heterocycles. The Labute approximate surface area is 145 Å². The Balaban J connectivity index is 1.72. The van der Waals surface area contributed by atoms with E-state index in [2.05, 4.69) is 33.8 Å². The zero-order valence-corrected chi connectivity index (χ0v) is 14.8. The third-order valence-corrected chi connectivity index (χ3v) is 4.63. The van der Waals surface area contributed by atoms with Gasteiger partial charge in [-0.05, 0) is 31.0 Å². The van der Waals surface area contributed by atoms with E-state index in [0.717, 1.165) is 44.9 Å². The predicted octanol–water partition coefficient (Wildman–Crippen LogP) is 1.55. The lowest BCUT2D eigenvalue weighted by Gasteiger charge is -2.37. The molecule has 0 spiro atoms. The van der Waals surface area contributed by atoms with Gasteiger partial charge in [-0.1, -0.05) is 18.2 Å². The van der Waals surface area contributed by atoms with Crippen LogP contribution in [-0.2, 0) is 11.2 Å². The summed E-state index contributed by atoms with van der Waals surface area (Å²) in [6.45, 7) is 11.1. The van der Waals surface area contributed by atoms with Crippen LogP contribution in [0.2, 0.25) is 0 Å². The minimum absolute atomic E-state index is 0.0753. The van der Waals surface area contributed by atoms with Crippen molar-refractivity contribution in [2.45, 2.75) is 19.4 Å². The van der Waals surface area contributed by atoms with Gasteiger partial charge in [-0.2, -0.15) is 0 Å². The van der Waals surface area contributed by atoms with Crippen molar-refractivity contribution in [1.82, 2.24) is 15.1 Å². The first kappa shape index (κ1) is 18.5. The van der Waals surface area contributed by atoms with E-state index < -0.39 is 0 Å². The van der Waals surface area contributed by atoms with Crippen molar-refractivity contribution in [2.75, 3.05) is 46.4 Å². The molecule has 1 aliphatic heterocycles. The van der Waals surface area contributed by atoms with Gasteiger partial charge in [0.05, 0.1) is 13.2 Å². The zero-order valence-electron chi connectivity index (χ0n) is 14.8. The summed E-state index contributed by atoms with van der Waals surface area (Å²) >= 11 is 0. The minimum Gasteiger partial charge on any atom is -0.497 e. The van der Waals surface area contributed by atoms with Crippen LogP contribution in [0.1, 0.15) is 12.5 Å². The van der Waals surface area contributed by atoms with Gasteiger partial charge in [0.2, 0.25) is 5.91 Å². The van der Waals surface area contributed by atoms with E-state index in [9.17, 15) is 4.79 Å². The van der Waals surface area contributed by atoms with Crippen LogP contribution in [0.5, 0.6) is 5.75 Å². The highest BCUT2D eigenvalue weighted by molar-refractivity contribution is 5.81. The van der Waals surface area contributed by atoms with E-state index >= 15 is 0 Å². The second-order valence-corrected chi connectivity index (χ2v) is 6.19. The molecule has 0 bridgehead atoms. The molecule has 1 amide bonds. The Morgan fingerprint density at radius 3 is 2.54 bits per heavy atom. The van der Waals surface area contributed by atoms with Gasteiger partial charge in [-0.25, -0.2) is 0 Å². The lowest BCUT2D eigenvalue weighted by molar-refractivity contribution is -0.126. The molecule has 1 saturated heterocycles. The summed E-state index contributed by atoms with van der Waals surface area (Å²) in [5.74, 6) is 0.984. The van der Waals surface area contributed by atoms with Crippen molar-refractivity contribution in [2.24, 2.45) is 0 Å². The van der Waals surface area contributed by atoms with E-state index in [4.69, 9.17) is 4.74 Å². The van der Waals surface area contributed by atoms with Crippen LogP contribution < -0.4 is 10.1 Å². The first-order valence-corrected chi connectivity index (χ1v) is 8.62. The molecule has 1 aromatic carbocycles. The lowest BCUT2D eigenvalue weighted by atomic mass is 10.1. The zero-order chi connectivity index (χ0) is 17.4. The SMILES string of the molecule is C=CCNC(=O)C(C)N1CCN(CCc2ccc(OC)cc2)CC1. The van der Waals surface area contributed by atoms with Crippen molar-refractivity contribution < 1.29 is 9.53 Å². The van der Waals surface area contributed by atoms with E-state index in [1.807, 2.05) is 19.1 Å². The number of methoxy groups -OCH3 is 1. The molecular formula is C19H29N3O2. The molecule has 5 nitrogen and oxygen atoms in total. The molecule has 0 saturated carbocycles. The largest absolute Gasteiger partial charge is 0.497 e. The van der Waals surface area contributed by atoms with Crippen LogP contribution in [0.15, 0.2) is 36.9 Å². The van der Waals surface area contributed by atoms with Crippen LogP contribution in [-0.4, -0.2) is 68.1 Å². The summed E-state index contributed by atoms with van der Waals surface area (Å²) in [4.78, 5) is 16.7. The third-order valence-electron chi connectivity index (χ3n) is 4.63. The first-order valence-electron chi connectivity index (χ1n) is 8.62. The topological polar surface area (TPSA) is 44.8 Å². The van der Waals surface area contributed by atoms with Crippen LogP contribution >= 0.6 is 0 Å². The Kier molecular flexibility index (Phi) is 7.28. The Bertz CT molecular complexity index is 522. The van der Waals surface area contributed by atoms with Gasteiger partial charge >= 0.3 is 0 Å². The number of carbonyl (C=O) groups excluding carboxylic acids is 1. The molecular weight excluding hydrogens is 302 g/mol. The van der Waals surface area contributed by atoms with Crippen LogP contribution in [0.25, 0.3) is 0 Å². The first-order chi connectivity index (χ1) is 11.6. The number of piperazine rings is 1. The average Bonchev–Trinajstić information content (AvgIpc) is 2.64. The van der Waals surface area contributed by atoms with E-state index in [0.29, 0.717) is 6.54 Å². The summed E-state index contributed by atoms with van der Waals surface area (Å²) in [7, 11) is 1.69. The summed E-state index contributed by atoms with van der Waals surface area (Å²) in [5.41, 5.74) is 1.33. The standard InChI is InChI=1S/C19H29N3O2/c1-4-10-20-19(23)16(2)22-14-12-21(13-15-22)11-9-17-5-7-18(24-3)8-6-17/h4-8,16H,1,9-15H2,2-3H3,(H,20,23). The molecule has 0 radical (unpaired) electrons. The van der Waals surface area contributed by atoms with Crippen LogP contribution in [0.3, 0.4) is 0 Å². The average molecular weight is 331 g/mol. The molecule has 0 aliphatic carbocycles. The van der Waals surface area contributed by atoms with Gasteiger partial charge in [0.25, 0.3) is 0 Å². The number of benzene rings is 1. The van der Waals surface area contributed by atoms with Gasteiger partial charge in [0.1, 0.15) is 5.75 Å².